The van der Waals surface area contributed by atoms with E-state index in [-0.39, 0.29) is 0 Å². The lowest BCUT2D eigenvalue weighted by Gasteiger charge is -2.05. The maximum atomic E-state index is 5.66. The van der Waals surface area contributed by atoms with Crippen molar-refractivity contribution in [3.8, 4) is 0 Å². The van der Waals surface area contributed by atoms with Crippen LogP contribution < -0.4 is 5.32 Å². The van der Waals surface area contributed by atoms with Crippen molar-refractivity contribution < 1.29 is 4.74 Å². The highest BCUT2D eigenvalue weighted by molar-refractivity contribution is 4.79. The van der Waals surface area contributed by atoms with Gasteiger partial charge in [0.05, 0.1) is 12.2 Å². The molecule has 0 aromatic carbocycles. The number of rotatable bonds is 0. The van der Waals surface area contributed by atoms with E-state index in [0.717, 1.165) is 13.1 Å². The van der Waals surface area contributed by atoms with Crippen LogP contribution in [0.4, 0.5) is 0 Å². The maximum Gasteiger partial charge on any atom is 0.0704 e. The first-order valence-electron chi connectivity index (χ1n) is 3.81. The van der Waals surface area contributed by atoms with Crippen molar-refractivity contribution in [2.24, 2.45) is 0 Å². The van der Waals surface area contributed by atoms with E-state index >= 15 is 0 Å². The Morgan fingerprint density at radius 1 is 1.11 bits per heavy atom. The molecule has 2 saturated heterocycles. The van der Waals surface area contributed by atoms with E-state index < -0.39 is 0 Å². The van der Waals surface area contributed by atoms with Crippen molar-refractivity contribution in [3.05, 3.63) is 0 Å². The SMILES string of the molecule is C1C[C@H]2CC[C@H](CN1)O2. The molecule has 0 aromatic rings. The van der Waals surface area contributed by atoms with Gasteiger partial charge in [0.2, 0.25) is 0 Å². The van der Waals surface area contributed by atoms with Gasteiger partial charge in [0.25, 0.3) is 0 Å². The van der Waals surface area contributed by atoms with Crippen LogP contribution in [-0.2, 0) is 4.74 Å². The van der Waals surface area contributed by atoms with Crippen LogP contribution in [0.15, 0.2) is 0 Å². The summed E-state index contributed by atoms with van der Waals surface area (Å²) < 4.78 is 5.66. The van der Waals surface area contributed by atoms with Crippen molar-refractivity contribution >= 4 is 0 Å². The average molecular weight is 127 g/mol. The normalized spacial score (nSPS) is 42.7. The fourth-order valence-corrected chi connectivity index (χ4v) is 1.67. The van der Waals surface area contributed by atoms with Crippen LogP contribution in [0.25, 0.3) is 0 Å². The third-order valence-electron chi connectivity index (χ3n) is 2.21. The lowest BCUT2D eigenvalue weighted by molar-refractivity contribution is 0.0571. The van der Waals surface area contributed by atoms with E-state index in [9.17, 15) is 0 Å². The smallest absolute Gasteiger partial charge is 0.0704 e. The van der Waals surface area contributed by atoms with Gasteiger partial charge in [0.1, 0.15) is 0 Å². The molecule has 0 spiro atoms. The highest BCUT2D eigenvalue weighted by Crippen LogP contribution is 2.22. The van der Waals surface area contributed by atoms with Gasteiger partial charge in [-0.25, -0.2) is 0 Å². The van der Waals surface area contributed by atoms with E-state index in [1.54, 1.807) is 0 Å². The summed E-state index contributed by atoms with van der Waals surface area (Å²) in [5.74, 6) is 0. The molecule has 9 heavy (non-hydrogen) atoms. The fraction of sp³-hybridized carbons (Fsp3) is 1.00. The van der Waals surface area contributed by atoms with Crippen LogP contribution in [0.1, 0.15) is 19.3 Å². The van der Waals surface area contributed by atoms with Crippen LogP contribution in [0.3, 0.4) is 0 Å². The topological polar surface area (TPSA) is 21.3 Å². The quantitative estimate of drug-likeness (QED) is 0.512. The highest BCUT2D eigenvalue weighted by atomic mass is 16.5. The maximum absolute atomic E-state index is 5.66. The summed E-state index contributed by atoms with van der Waals surface area (Å²) in [6, 6.07) is 0. The van der Waals surface area contributed by atoms with Crippen molar-refractivity contribution in [1.29, 1.82) is 0 Å². The molecular weight excluding hydrogens is 114 g/mol. The molecule has 2 aliphatic heterocycles. The molecule has 2 fully saturated rings. The van der Waals surface area contributed by atoms with Crippen LogP contribution in [0, 0.1) is 0 Å². The molecular formula is C7H13NO. The fourth-order valence-electron chi connectivity index (χ4n) is 1.67. The lowest BCUT2D eigenvalue weighted by Crippen LogP contribution is -2.24. The van der Waals surface area contributed by atoms with Gasteiger partial charge in [-0.1, -0.05) is 0 Å². The molecule has 0 unspecified atom stereocenters. The second-order valence-corrected chi connectivity index (χ2v) is 2.95. The molecule has 2 heterocycles. The molecule has 0 amide bonds. The molecule has 0 aromatic heterocycles. The summed E-state index contributed by atoms with van der Waals surface area (Å²) in [5.41, 5.74) is 0. The Labute approximate surface area is 55.6 Å². The zero-order chi connectivity index (χ0) is 6.10. The van der Waals surface area contributed by atoms with Gasteiger partial charge in [0.15, 0.2) is 0 Å². The standard InChI is InChI=1S/C7H13NO/c1-2-7-5-8-4-3-6(1)9-7/h6-8H,1-5H2/t6-,7-/m1/s1. The first kappa shape index (κ1) is 5.69. The van der Waals surface area contributed by atoms with Gasteiger partial charge in [-0.15, -0.1) is 0 Å². The summed E-state index contributed by atoms with van der Waals surface area (Å²) in [6.45, 7) is 2.23. The summed E-state index contributed by atoms with van der Waals surface area (Å²) in [5, 5.41) is 3.35. The molecule has 2 aliphatic rings. The Bertz CT molecular complexity index is 93.1. The van der Waals surface area contributed by atoms with Gasteiger partial charge < -0.3 is 10.1 Å². The summed E-state index contributed by atoms with van der Waals surface area (Å²) in [6.07, 6.45) is 4.92. The second-order valence-electron chi connectivity index (χ2n) is 2.95. The summed E-state index contributed by atoms with van der Waals surface area (Å²) in [7, 11) is 0. The average Bonchev–Trinajstić information content (AvgIpc) is 2.09. The number of hydrogen-bond acceptors (Lipinski definition) is 2. The van der Waals surface area contributed by atoms with Gasteiger partial charge >= 0.3 is 0 Å². The molecule has 0 radical (unpaired) electrons. The first-order valence-corrected chi connectivity index (χ1v) is 3.81. The molecule has 0 saturated carbocycles. The van der Waals surface area contributed by atoms with Crippen LogP contribution in [0.5, 0.6) is 0 Å². The van der Waals surface area contributed by atoms with E-state index in [0.29, 0.717) is 12.2 Å². The van der Waals surface area contributed by atoms with Crippen molar-refractivity contribution in [3.63, 3.8) is 0 Å². The van der Waals surface area contributed by atoms with Gasteiger partial charge in [0, 0.05) is 6.54 Å². The predicted molar refractivity (Wildman–Crippen MR) is 35.4 cm³/mol. The Morgan fingerprint density at radius 2 is 2.00 bits per heavy atom. The Balaban J connectivity index is 1.99. The third-order valence-corrected chi connectivity index (χ3v) is 2.21. The van der Waals surface area contributed by atoms with E-state index in [1.807, 2.05) is 0 Å². The van der Waals surface area contributed by atoms with Gasteiger partial charge in [-0.3, -0.25) is 0 Å². The molecule has 2 rings (SSSR count). The Morgan fingerprint density at radius 3 is 3.00 bits per heavy atom. The Kier molecular flexibility index (Phi) is 1.44. The minimum Gasteiger partial charge on any atom is -0.374 e. The zero-order valence-electron chi connectivity index (χ0n) is 5.60. The summed E-state index contributed by atoms with van der Waals surface area (Å²) in [4.78, 5) is 0. The van der Waals surface area contributed by atoms with Gasteiger partial charge in [-0.2, -0.15) is 0 Å². The van der Waals surface area contributed by atoms with E-state index in [2.05, 4.69) is 5.32 Å². The number of fused-ring (bicyclic) bond motifs is 2. The lowest BCUT2D eigenvalue weighted by atomic mass is 10.1. The van der Waals surface area contributed by atoms with Crippen molar-refractivity contribution in [2.45, 2.75) is 31.5 Å². The van der Waals surface area contributed by atoms with Crippen LogP contribution in [-0.4, -0.2) is 25.3 Å². The monoisotopic (exact) mass is 127 g/mol. The number of ether oxygens (including phenoxy) is 1. The largest absolute Gasteiger partial charge is 0.374 e. The molecule has 1 N–H and O–H groups in total. The summed E-state index contributed by atoms with van der Waals surface area (Å²) >= 11 is 0. The van der Waals surface area contributed by atoms with Crippen molar-refractivity contribution in [1.82, 2.24) is 5.32 Å². The zero-order valence-corrected chi connectivity index (χ0v) is 5.60. The number of hydrogen-bond donors (Lipinski definition) is 1. The third kappa shape index (κ3) is 1.10. The molecule has 2 bridgehead atoms. The minimum absolute atomic E-state index is 0.539. The predicted octanol–water partition coefficient (Wildman–Crippen LogP) is 0.527. The molecule has 52 valence electrons. The minimum atomic E-state index is 0.539. The molecule has 2 nitrogen and oxygen atoms in total. The van der Waals surface area contributed by atoms with E-state index in [1.165, 1.54) is 19.3 Å². The molecule has 0 aliphatic carbocycles. The van der Waals surface area contributed by atoms with Crippen LogP contribution >= 0.6 is 0 Å². The van der Waals surface area contributed by atoms with Crippen molar-refractivity contribution in [2.75, 3.05) is 13.1 Å². The Hall–Kier alpha value is -0.0800. The first-order chi connectivity index (χ1) is 4.45. The molecule has 2 atom stereocenters. The highest BCUT2D eigenvalue weighted by Gasteiger charge is 2.26. The van der Waals surface area contributed by atoms with Crippen LogP contribution in [0.2, 0.25) is 0 Å². The van der Waals surface area contributed by atoms with E-state index in [4.69, 9.17) is 4.74 Å². The van der Waals surface area contributed by atoms with Gasteiger partial charge in [-0.05, 0) is 25.8 Å². The molecule has 2 heteroatoms. The number of nitrogens with one attached hydrogen (secondary N) is 1. The second kappa shape index (κ2) is 2.27.